The van der Waals surface area contributed by atoms with E-state index < -0.39 is 5.82 Å². The van der Waals surface area contributed by atoms with E-state index in [1.165, 1.54) is 12.5 Å². The third kappa shape index (κ3) is 4.90. The van der Waals surface area contributed by atoms with Crippen molar-refractivity contribution >= 4 is 39.3 Å². The Hall–Kier alpha value is -4.38. The Kier molecular flexibility index (Phi) is 6.58. The van der Waals surface area contributed by atoms with Crippen LogP contribution in [0.25, 0.3) is 44.6 Å². The largest absolute Gasteiger partial charge is 0.352 e. The van der Waals surface area contributed by atoms with E-state index in [4.69, 9.17) is 4.98 Å². The van der Waals surface area contributed by atoms with Gasteiger partial charge in [0.1, 0.15) is 17.0 Å². The number of halogens is 1. The number of hydrogen-bond acceptors (Lipinski definition) is 7. The summed E-state index contributed by atoms with van der Waals surface area (Å²) in [5.41, 5.74) is 4.32. The normalized spacial score (nSPS) is 17.0. The van der Waals surface area contributed by atoms with Gasteiger partial charge in [0.2, 0.25) is 5.91 Å². The van der Waals surface area contributed by atoms with E-state index in [0.29, 0.717) is 33.8 Å². The monoisotopic (exact) mass is 553 g/mol. The van der Waals surface area contributed by atoms with Crippen molar-refractivity contribution in [3.63, 3.8) is 0 Å². The molecule has 1 saturated heterocycles. The van der Waals surface area contributed by atoms with Crippen LogP contribution in [0.4, 0.5) is 15.9 Å². The number of imidazole rings is 1. The number of nitrogens with one attached hydrogen (secondary N) is 3. The van der Waals surface area contributed by atoms with E-state index in [2.05, 4.69) is 47.3 Å². The van der Waals surface area contributed by atoms with Crippen LogP contribution in [0.15, 0.2) is 42.9 Å². The number of benzene rings is 1. The topological polar surface area (TPSA) is 119 Å². The van der Waals surface area contributed by atoms with Crippen LogP contribution < -0.4 is 10.2 Å². The van der Waals surface area contributed by atoms with Crippen molar-refractivity contribution in [1.29, 1.82) is 0 Å². The SMILES string of the molecule is CN1CCN(c2nccc3[nH]c(-c4n[nH]c5cc(F)c(-c6cncc(NC(=O)C7CCCCC7)c6)cc45)nc23)CC1. The molecule has 0 atom stereocenters. The number of nitrogens with zero attached hydrogens (tertiary/aromatic N) is 6. The number of aromatic nitrogens is 6. The summed E-state index contributed by atoms with van der Waals surface area (Å²) >= 11 is 0. The fraction of sp³-hybridized carbons (Fsp3) is 0.367. The minimum Gasteiger partial charge on any atom is -0.352 e. The van der Waals surface area contributed by atoms with Crippen molar-refractivity contribution in [3.8, 4) is 22.6 Å². The lowest BCUT2D eigenvalue weighted by Gasteiger charge is -2.33. The maximum absolute atomic E-state index is 15.4. The highest BCUT2D eigenvalue weighted by Gasteiger charge is 2.23. The highest BCUT2D eigenvalue weighted by Crippen LogP contribution is 2.34. The summed E-state index contributed by atoms with van der Waals surface area (Å²) in [6.07, 6.45) is 10.1. The average molecular weight is 554 g/mol. The molecule has 1 aliphatic heterocycles. The lowest BCUT2D eigenvalue weighted by Crippen LogP contribution is -2.44. The lowest BCUT2D eigenvalue weighted by atomic mass is 9.88. The summed E-state index contributed by atoms with van der Waals surface area (Å²) in [6, 6.07) is 6.88. The number of carbonyl (C=O) groups excluding carboxylic acids is 1. The van der Waals surface area contributed by atoms with Crippen LogP contribution in [0.2, 0.25) is 0 Å². The van der Waals surface area contributed by atoms with Crippen LogP contribution in [-0.4, -0.2) is 74.2 Å². The van der Waals surface area contributed by atoms with Gasteiger partial charge in [0.05, 0.1) is 22.9 Å². The van der Waals surface area contributed by atoms with Gasteiger partial charge in [0.25, 0.3) is 0 Å². The van der Waals surface area contributed by atoms with E-state index in [-0.39, 0.29) is 11.8 Å². The molecule has 5 aromatic rings. The predicted molar refractivity (Wildman–Crippen MR) is 157 cm³/mol. The fourth-order valence-corrected chi connectivity index (χ4v) is 5.99. The summed E-state index contributed by atoms with van der Waals surface area (Å²) < 4.78 is 15.4. The zero-order valence-electron chi connectivity index (χ0n) is 23.0. The molecule has 41 heavy (non-hydrogen) atoms. The quantitative estimate of drug-likeness (QED) is 0.281. The Morgan fingerprint density at radius 1 is 1.05 bits per heavy atom. The number of amides is 1. The third-order valence-corrected chi connectivity index (χ3v) is 8.35. The second kappa shape index (κ2) is 10.5. The minimum atomic E-state index is -0.406. The Morgan fingerprint density at radius 3 is 2.71 bits per heavy atom. The Balaban J connectivity index is 1.22. The van der Waals surface area contributed by atoms with Crippen molar-refractivity contribution in [2.75, 3.05) is 43.4 Å². The third-order valence-electron chi connectivity index (χ3n) is 8.35. The van der Waals surface area contributed by atoms with Gasteiger partial charge < -0.3 is 20.1 Å². The molecule has 1 amide bonds. The number of carbonyl (C=O) groups is 1. The van der Waals surface area contributed by atoms with E-state index in [1.807, 2.05) is 6.07 Å². The van der Waals surface area contributed by atoms with Gasteiger partial charge in [0.15, 0.2) is 11.6 Å². The molecule has 2 aliphatic rings. The van der Waals surface area contributed by atoms with Crippen molar-refractivity contribution in [1.82, 2.24) is 35.0 Å². The molecule has 0 bridgehead atoms. The number of anilines is 2. The molecule has 0 radical (unpaired) electrons. The lowest BCUT2D eigenvalue weighted by molar-refractivity contribution is -0.120. The zero-order valence-corrected chi connectivity index (χ0v) is 23.0. The Morgan fingerprint density at radius 2 is 1.88 bits per heavy atom. The van der Waals surface area contributed by atoms with Crippen LogP contribution in [0, 0.1) is 11.7 Å². The molecular weight excluding hydrogens is 521 g/mol. The van der Waals surface area contributed by atoms with Crippen LogP contribution in [0.3, 0.4) is 0 Å². The van der Waals surface area contributed by atoms with Gasteiger partial charge in [-0.25, -0.2) is 14.4 Å². The molecule has 1 aliphatic carbocycles. The number of rotatable bonds is 5. The molecule has 210 valence electrons. The molecule has 10 nitrogen and oxygen atoms in total. The first-order valence-electron chi connectivity index (χ1n) is 14.3. The first kappa shape index (κ1) is 25.6. The van der Waals surface area contributed by atoms with Gasteiger partial charge >= 0.3 is 0 Å². The smallest absolute Gasteiger partial charge is 0.227 e. The standard InChI is InChI=1S/C30H32FN9O/c1-39-9-11-40(12-10-39)29-27-24(7-8-33-29)35-28(36-27)26-22-14-21(23(31)15-25(22)37-38-26)19-13-20(17-32-16-19)34-30(41)18-5-3-2-4-6-18/h7-8,13-18H,2-6,9-12H2,1H3,(H,34,41)(H,35,36)(H,37,38). The summed E-state index contributed by atoms with van der Waals surface area (Å²) in [5.74, 6) is 1.05. The van der Waals surface area contributed by atoms with Gasteiger partial charge in [-0.15, -0.1) is 0 Å². The van der Waals surface area contributed by atoms with Crippen LogP contribution >= 0.6 is 0 Å². The summed E-state index contributed by atoms with van der Waals surface area (Å²) in [4.78, 5) is 34.6. The average Bonchev–Trinajstić information content (AvgIpc) is 3.61. The summed E-state index contributed by atoms with van der Waals surface area (Å²) in [6.45, 7) is 3.70. The van der Waals surface area contributed by atoms with E-state index >= 15 is 4.39 Å². The molecule has 4 aromatic heterocycles. The fourth-order valence-electron chi connectivity index (χ4n) is 5.99. The van der Waals surface area contributed by atoms with Crippen LogP contribution in [0.1, 0.15) is 32.1 Å². The van der Waals surface area contributed by atoms with E-state index in [9.17, 15) is 4.79 Å². The van der Waals surface area contributed by atoms with Gasteiger partial charge in [-0.2, -0.15) is 5.10 Å². The molecule has 0 unspecified atom stereocenters. The molecular formula is C30H32FN9O. The highest BCUT2D eigenvalue weighted by atomic mass is 19.1. The van der Waals surface area contributed by atoms with Crippen molar-refractivity contribution in [2.24, 2.45) is 5.92 Å². The minimum absolute atomic E-state index is 0.00649. The number of aromatic amines is 2. The van der Waals surface area contributed by atoms with Crippen molar-refractivity contribution in [2.45, 2.75) is 32.1 Å². The molecule has 1 aromatic carbocycles. The van der Waals surface area contributed by atoms with Crippen LogP contribution in [0.5, 0.6) is 0 Å². The maximum Gasteiger partial charge on any atom is 0.227 e. The predicted octanol–water partition coefficient (Wildman–Crippen LogP) is 4.97. The number of fused-ring (bicyclic) bond motifs is 2. The van der Waals surface area contributed by atoms with E-state index in [1.54, 1.807) is 30.7 Å². The van der Waals surface area contributed by atoms with Gasteiger partial charge in [-0.05, 0) is 38.1 Å². The molecule has 3 N–H and O–H groups in total. The van der Waals surface area contributed by atoms with E-state index in [0.717, 1.165) is 74.1 Å². The van der Waals surface area contributed by atoms with Gasteiger partial charge in [0, 0.05) is 67.1 Å². The number of likely N-dealkylation sites (N-methyl/N-ethyl adjacent to an activating group) is 1. The highest BCUT2D eigenvalue weighted by molar-refractivity contribution is 5.98. The molecule has 7 rings (SSSR count). The summed E-state index contributed by atoms with van der Waals surface area (Å²) in [5, 5.41) is 11.2. The molecule has 2 fully saturated rings. The zero-order chi connectivity index (χ0) is 27.9. The molecule has 1 saturated carbocycles. The first-order valence-corrected chi connectivity index (χ1v) is 14.3. The number of hydrogen-bond donors (Lipinski definition) is 3. The first-order chi connectivity index (χ1) is 20.0. The summed E-state index contributed by atoms with van der Waals surface area (Å²) in [7, 11) is 2.12. The van der Waals surface area contributed by atoms with Gasteiger partial charge in [-0.1, -0.05) is 19.3 Å². The number of pyridine rings is 2. The van der Waals surface area contributed by atoms with Gasteiger partial charge in [-0.3, -0.25) is 14.9 Å². The van der Waals surface area contributed by atoms with Crippen LogP contribution in [-0.2, 0) is 4.79 Å². The Labute approximate surface area is 236 Å². The maximum atomic E-state index is 15.4. The molecule has 11 heteroatoms. The van der Waals surface area contributed by atoms with Crippen molar-refractivity contribution < 1.29 is 9.18 Å². The molecule has 0 spiro atoms. The number of H-pyrrole nitrogens is 2. The Bertz CT molecular complexity index is 1730. The number of piperazine rings is 1. The van der Waals surface area contributed by atoms with Crippen molar-refractivity contribution in [3.05, 3.63) is 48.7 Å². The molecule has 5 heterocycles. The second-order valence-corrected chi connectivity index (χ2v) is 11.1. The second-order valence-electron chi connectivity index (χ2n) is 11.1.